The first-order valence-electron chi connectivity index (χ1n) is 4.59. The second-order valence-electron chi connectivity index (χ2n) is 3.35. The Morgan fingerprint density at radius 2 is 2.00 bits per heavy atom. The Balaban J connectivity index is 2.92. The maximum Gasteiger partial charge on any atom is 0.425 e. The van der Waals surface area contributed by atoms with Gasteiger partial charge in [0.15, 0.2) is 0 Å². The molecule has 100 valence electrons. The lowest BCUT2D eigenvalue weighted by Gasteiger charge is -2.20. The molecule has 1 atom stereocenters. The Hall–Kier alpha value is -1.31. The van der Waals surface area contributed by atoms with E-state index in [4.69, 9.17) is 5.11 Å². The van der Waals surface area contributed by atoms with E-state index < -0.39 is 36.2 Å². The summed E-state index contributed by atoms with van der Waals surface area (Å²) in [7, 11) is 0. The van der Waals surface area contributed by atoms with Crippen molar-refractivity contribution in [1.82, 2.24) is 0 Å². The van der Waals surface area contributed by atoms with Crippen molar-refractivity contribution in [1.29, 1.82) is 0 Å². The molecule has 0 aromatic heterocycles. The van der Waals surface area contributed by atoms with Crippen LogP contribution in [-0.2, 0) is 4.79 Å². The zero-order valence-electron chi connectivity index (χ0n) is 8.67. The topological polar surface area (TPSA) is 46.5 Å². The van der Waals surface area contributed by atoms with Gasteiger partial charge in [0.2, 0.25) is 6.10 Å². The summed E-state index contributed by atoms with van der Waals surface area (Å²) in [6, 6.07) is 2.89. The first-order valence-corrected chi connectivity index (χ1v) is 5.39. The quantitative estimate of drug-likeness (QED) is 0.861. The van der Waals surface area contributed by atoms with Gasteiger partial charge >= 0.3 is 12.1 Å². The Kier molecular flexibility index (Phi) is 4.55. The Morgan fingerprint density at radius 1 is 1.39 bits per heavy atom. The van der Waals surface area contributed by atoms with E-state index in [0.29, 0.717) is 0 Å². The molecule has 8 heteroatoms. The van der Waals surface area contributed by atoms with Crippen molar-refractivity contribution in [3.63, 3.8) is 0 Å². The normalized spacial score (nSPS) is 13.2. The molecular weight excluding hydrogens is 324 g/mol. The first kappa shape index (κ1) is 14.7. The molecule has 3 nitrogen and oxygen atoms in total. The maximum absolute atomic E-state index is 12.9. The van der Waals surface area contributed by atoms with E-state index in [0.717, 1.165) is 18.2 Å². The van der Waals surface area contributed by atoms with Crippen LogP contribution in [0.3, 0.4) is 0 Å². The van der Waals surface area contributed by atoms with E-state index in [1.807, 2.05) is 0 Å². The van der Waals surface area contributed by atoms with Crippen molar-refractivity contribution in [2.75, 3.05) is 0 Å². The van der Waals surface area contributed by atoms with Gasteiger partial charge in [-0.2, -0.15) is 13.2 Å². The van der Waals surface area contributed by atoms with Crippen LogP contribution in [0.1, 0.15) is 6.42 Å². The molecule has 0 radical (unpaired) electrons. The van der Waals surface area contributed by atoms with Gasteiger partial charge in [-0.3, -0.25) is 4.79 Å². The highest BCUT2D eigenvalue weighted by molar-refractivity contribution is 9.10. The van der Waals surface area contributed by atoms with Crippen molar-refractivity contribution in [3.05, 3.63) is 28.5 Å². The molecule has 0 bridgehead atoms. The number of carboxylic acids is 1. The van der Waals surface area contributed by atoms with Crippen LogP contribution in [0.2, 0.25) is 0 Å². The molecule has 0 heterocycles. The highest BCUT2D eigenvalue weighted by Gasteiger charge is 2.43. The number of halogens is 5. The van der Waals surface area contributed by atoms with E-state index in [1.54, 1.807) is 0 Å². The van der Waals surface area contributed by atoms with Gasteiger partial charge in [0.1, 0.15) is 11.6 Å². The van der Waals surface area contributed by atoms with Crippen LogP contribution in [0, 0.1) is 5.82 Å². The third kappa shape index (κ3) is 4.52. The molecule has 0 saturated heterocycles. The summed E-state index contributed by atoms with van der Waals surface area (Å²) < 4.78 is 55.0. The molecular formula is C10H7BrF4O3. The van der Waals surface area contributed by atoms with Crippen LogP contribution in [0.5, 0.6) is 5.75 Å². The van der Waals surface area contributed by atoms with Crippen molar-refractivity contribution >= 4 is 21.9 Å². The van der Waals surface area contributed by atoms with Gasteiger partial charge in [-0.15, -0.1) is 0 Å². The highest BCUT2D eigenvalue weighted by atomic mass is 79.9. The summed E-state index contributed by atoms with van der Waals surface area (Å²) in [5.74, 6) is -2.85. The van der Waals surface area contributed by atoms with Crippen LogP contribution in [0.4, 0.5) is 17.6 Å². The molecule has 0 aliphatic carbocycles. The van der Waals surface area contributed by atoms with E-state index in [2.05, 4.69) is 20.7 Å². The molecule has 0 amide bonds. The third-order valence-electron chi connectivity index (χ3n) is 1.84. The number of aliphatic carboxylic acids is 1. The van der Waals surface area contributed by atoms with E-state index in [9.17, 15) is 22.4 Å². The highest BCUT2D eigenvalue weighted by Crippen LogP contribution is 2.29. The number of hydrogen-bond donors (Lipinski definition) is 1. The van der Waals surface area contributed by atoms with Crippen LogP contribution in [0.25, 0.3) is 0 Å². The van der Waals surface area contributed by atoms with E-state index in [1.165, 1.54) is 0 Å². The van der Waals surface area contributed by atoms with Gasteiger partial charge < -0.3 is 9.84 Å². The molecule has 1 unspecified atom stereocenters. The van der Waals surface area contributed by atoms with Crippen molar-refractivity contribution in [2.24, 2.45) is 0 Å². The summed E-state index contributed by atoms with van der Waals surface area (Å²) in [6.07, 6.45) is -8.63. The zero-order valence-corrected chi connectivity index (χ0v) is 10.3. The van der Waals surface area contributed by atoms with E-state index in [-0.39, 0.29) is 4.47 Å². The summed E-state index contributed by atoms with van der Waals surface area (Å²) >= 11 is 2.89. The number of carboxylic acid groups (broad SMARTS) is 1. The molecule has 0 aliphatic heterocycles. The van der Waals surface area contributed by atoms with Crippen LogP contribution >= 0.6 is 15.9 Å². The smallest absolute Gasteiger partial charge is 0.425 e. The number of benzene rings is 1. The number of alkyl halides is 3. The second kappa shape index (κ2) is 5.55. The molecule has 1 rings (SSSR count). The first-order chi connectivity index (χ1) is 8.18. The van der Waals surface area contributed by atoms with Crippen molar-refractivity contribution < 1.29 is 32.2 Å². The molecule has 0 spiro atoms. The largest absolute Gasteiger partial charge is 0.481 e. The van der Waals surface area contributed by atoms with Crippen LogP contribution in [0.15, 0.2) is 22.7 Å². The van der Waals surface area contributed by atoms with Gasteiger partial charge in [0.05, 0.1) is 6.42 Å². The number of rotatable bonds is 4. The van der Waals surface area contributed by atoms with Gasteiger partial charge in [-0.05, 0) is 12.1 Å². The average molecular weight is 331 g/mol. The fourth-order valence-electron chi connectivity index (χ4n) is 1.14. The minimum absolute atomic E-state index is 0.189. The third-order valence-corrected chi connectivity index (χ3v) is 2.30. The molecule has 0 saturated carbocycles. The average Bonchev–Trinajstić information content (AvgIpc) is 2.12. The van der Waals surface area contributed by atoms with Gasteiger partial charge in [-0.25, -0.2) is 4.39 Å². The fraction of sp³-hybridized carbons (Fsp3) is 0.300. The molecule has 18 heavy (non-hydrogen) atoms. The Morgan fingerprint density at radius 3 is 2.44 bits per heavy atom. The molecule has 0 fully saturated rings. The molecule has 1 aromatic carbocycles. The zero-order chi connectivity index (χ0) is 13.9. The Bertz CT molecular complexity index is 427. The summed E-state index contributed by atoms with van der Waals surface area (Å²) in [4.78, 5) is 10.3. The molecule has 1 aromatic rings. The lowest BCUT2D eigenvalue weighted by Crippen LogP contribution is -2.36. The minimum atomic E-state index is -4.85. The van der Waals surface area contributed by atoms with Crippen molar-refractivity contribution in [3.8, 4) is 5.75 Å². The predicted octanol–water partition coefficient (Wildman–Crippen LogP) is 3.37. The van der Waals surface area contributed by atoms with E-state index >= 15 is 0 Å². The molecule has 0 aliphatic rings. The minimum Gasteiger partial charge on any atom is -0.481 e. The number of carbonyl (C=O) groups is 1. The fourth-order valence-corrected chi connectivity index (χ4v) is 1.59. The van der Waals surface area contributed by atoms with Crippen molar-refractivity contribution in [2.45, 2.75) is 18.7 Å². The number of ether oxygens (including phenoxy) is 1. The maximum atomic E-state index is 12.9. The van der Waals surface area contributed by atoms with Gasteiger partial charge in [0, 0.05) is 10.5 Å². The standard InChI is InChI=1S/C10H7BrF4O3/c11-5-1-6(12)3-7(2-5)18-8(4-9(16)17)10(13,14)15/h1-3,8H,4H2,(H,16,17). The second-order valence-corrected chi connectivity index (χ2v) is 4.27. The Labute approximate surface area is 107 Å². The number of hydrogen-bond acceptors (Lipinski definition) is 2. The summed E-state index contributed by atoms with van der Waals surface area (Å²) in [6.45, 7) is 0. The summed E-state index contributed by atoms with van der Waals surface area (Å²) in [5, 5.41) is 8.37. The van der Waals surface area contributed by atoms with Crippen LogP contribution < -0.4 is 4.74 Å². The lowest BCUT2D eigenvalue weighted by atomic mass is 10.2. The molecule has 1 N–H and O–H groups in total. The SMILES string of the molecule is O=C(O)CC(Oc1cc(F)cc(Br)c1)C(F)(F)F. The monoisotopic (exact) mass is 330 g/mol. The lowest BCUT2D eigenvalue weighted by molar-refractivity contribution is -0.200. The van der Waals surface area contributed by atoms with Gasteiger partial charge in [-0.1, -0.05) is 15.9 Å². The van der Waals surface area contributed by atoms with Crippen LogP contribution in [-0.4, -0.2) is 23.4 Å². The summed E-state index contributed by atoms with van der Waals surface area (Å²) in [5.41, 5.74) is 0. The predicted molar refractivity (Wildman–Crippen MR) is 56.8 cm³/mol. The van der Waals surface area contributed by atoms with Gasteiger partial charge in [0.25, 0.3) is 0 Å².